The van der Waals surface area contributed by atoms with Crippen LogP contribution in [0.4, 0.5) is 5.69 Å². The molecule has 2 aromatic carbocycles. The molecule has 8 heteroatoms. The van der Waals surface area contributed by atoms with Gasteiger partial charge < -0.3 is 4.57 Å². The number of nitro benzene ring substituents is 1. The largest absolute Gasteiger partial charge is 0.337 e. The highest BCUT2D eigenvalue weighted by molar-refractivity contribution is 6.25. The summed E-state index contributed by atoms with van der Waals surface area (Å²) in [5.41, 5.74) is 0.437. The molecule has 0 saturated heterocycles. The van der Waals surface area contributed by atoms with E-state index < -0.39 is 10.8 Å². The second kappa shape index (κ2) is 6.07. The molecule has 3 aromatic rings. The van der Waals surface area contributed by atoms with Crippen LogP contribution in [0.5, 0.6) is 0 Å². The van der Waals surface area contributed by atoms with Gasteiger partial charge in [0.1, 0.15) is 0 Å². The second-order valence-corrected chi connectivity index (χ2v) is 6.07. The summed E-state index contributed by atoms with van der Waals surface area (Å²) in [7, 11) is 0. The molecule has 0 fully saturated rings. The number of carbonyl (C=O) groups excluding carboxylic acids is 2. The number of benzene rings is 2. The lowest BCUT2D eigenvalue weighted by atomic mass is 9.93. The third-order valence-corrected chi connectivity index (χ3v) is 4.48. The first-order valence-corrected chi connectivity index (χ1v) is 8.09. The van der Waals surface area contributed by atoms with Gasteiger partial charge >= 0.3 is 0 Å². The molecule has 0 aliphatic carbocycles. The van der Waals surface area contributed by atoms with Crippen molar-refractivity contribution in [2.24, 2.45) is 0 Å². The summed E-state index contributed by atoms with van der Waals surface area (Å²) >= 11 is 0. The maximum Gasteiger partial charge on any atom is 0.270 e. The zero-order valence-electron chi connectivity index (χ0n) is 13.7. The number of aryl methyl sites for hydroxylation is 1. The number of hydrogen-bond acceptors (Lipinski definition) is 5. The van der Waals surface area contributed by atoms with E-state index in [4.69, 9.17) is 0 Å². The molecule has 26 heavy (non-hydrogen) atoms. The Morgan fingerprint density at radius 2 is 1.88 bits per heavy atom. The van der Waals surface area contributed by atoms with Gasteiger partial charge in [0.2, 0.25) is 0 Å². The molecule has 2 heterocycles. The Bertz CT molecular complexity index is 1040. The summed E-state index contributed by atoms with van der Waals surface area (Å²) < 4.78 is 1.86. The zero-order chi connectivity index (χ0) is 18.3. The van der Waals surface area contributed by atoms with Crippen LogP contribution < -0.4 is 0 Å². The Labute approximate surface area is 147 Å². The Balaban J connectivity index is 1.70. The number of carbonyl (C=O) groups is 2. The number of imide groups is 1. The van der Waals surface area contributed by atoms with Crippen LogP contribution in [-0.2, 0) is 6.54 Å². The molecule has 0 atom stereocenters. The van der Waals surface area contributed by atoms with E-state index in [1.165, 1.54) is 12.1 Å². The average Bonchev–Trinajstić information content (AvgIpc) is 3.15. The van der Waals surface area contributed by atoms with Crippen LogP contribution in [0.15, 0.2) is 49.1 Å². The van der Waals surface area contributed by atoms with E-state index in [0.29, 0.717) is 29.3 Å². The molecular weight excluding hydrogens is 336 g/mol. The summed E-state index contributed by atoms with van der Waals surface area (Å²) in [6.07, 6.45) is 5.69. The van der Waals surface area contributed by atoms with Crippen molar-refractivity contribution < 1.29 is 14.5 Å². The molecule has 0 saturated carbocycles. The van der Waals surface area contributed by atoms with Crippen molar-refractivity contribution in [3.63, 3.8) is 0 Å². The minimum Gasteiger partial charge on any atom is -0.337 e. The molecule has 0 N–H and O–H groups in total. The topological polar surface area (TPSA) is 98.3 Å². The number of non-ortho nitro benzene ring substituents is 1. The van der Waals surface area contributed by atoms with Gasteiger partial charge in [-0.05, 0) is 17.9 Å². The lowest BCUT2D eigenvalue weighted by Gasteiger charge is -2.27. The molecule has 1 aliphatic heterocycles. The molecule has 2 amide bonds. The molecule has 1 aromatic heterocycles. The lowest BCUT2D eigenvalue weighted by Crippen LogP contribution is -2.41. The number of rotatable bonds is 5. The summed E-state index contributed by atoms with van der Waals surface area (Å²) in [4.78, 5) is 41.4. The molecular formula is C18H14N4O4. The second-order valence-electron chi connectivity index (χ2n) is 6.07. The predicted molar refractivity (Wildman–Crippen MR) is 92.8 cm³/mol. The van der Waals surface area contributed by atoms with Gasteiger partial charge in [-0.2, -0.15) is 0 Å². The lowest BCUT2D eigenvalue weighted by molar-refractivity contribution is -0.384. The van der Waals surface area contributed by atoms with Crippen molar-refractivity contribution in [2.45, 2.75) is 13.0 Å². The number of hydrogen-bond donors (Lipinski definition) is 0. The average molecular weight is 350 g/mol. The summed E-state index contributed by atoms with van der Waals surface area (Å²) in [5, 5.41) is 12.2. The summed E-state index contributed by atoms with van der Waals surface area (Å²) in [6.45, 7) is 0.845. The van der Waals surface area contributed by atoms with Crippen LogP contribution in [0.2, 0.25) is 0 Å². The first-order chi connectivity index (χ1) is 12.6. The maximum atomic E-state index is 12.8. The number of nitro groups is 1. The molecule has 130 valence electrons. The van der Waals surface area contributed by atoms with Crippen LogP contribution in [0, 0.1) is 10.1 Å². The van der Waals surface area contributed by atoms with Crippen molar-refractivity contribution in [3.05, 3.63) is 70.3 Å². The van der Waals surface area contributed by atoms with E-state index in [-0.39, 0.29) is 23.7 Å². The van der Waals surface area contributed by atoms with Crippen molar-refractivity contribution in [1.82, 2.24) is 14.5 Å². The summed E-state index contributed by atoms with van der Waals surface area (Å²) in [6, 6.07) is 7.63. The highest BCUT2D eigenvalue weighted by Gasteiger charge is 2.33. The van der Waals surface area contributed by atoms with Crippen molar-refractivity contribution in [1.29, 1.82) is 0 Å². The first kappa shape index (κ1) is 15.9. The monoisotopic (exact) mass is 350 g/mol. The fourth-order valence-corrected chi connectivity index (χ4v) is 3.28. The third kappa shape index (κ3) is 2.52. The zero-order valence-corrected chi connectivity index (χ0v) is 13.7. The fraction of sp³-hybridized carbons (Fsp3) is 0.167. The SMILES string of the molecule is O=C1c2cccc3cc([N+](=O)[O-])cc(c23)C(=O)N1CCCn1ccnc1. The Hall–Kier alpha value is -3.55. The molecule has 0 radical (unpaired) electrons. The number of imidazole rings is 1. The van der Waals surface area contributed by atoms with Gasteiger partial charge in [-0.25, -0.2) is 4.98 Å². The molecule has 1 aliphatic rings. The van der Waals surface area contributed by atoms with E-state index in [0.717, 1.165) is 4.90 Å². The standard InChI is InChI=1S/C18H14N4O4/c23-17-14-4-1-3-12-9-13(22(25)26)10-15(16(12)14)18(24)21(17)7-2-6-20-8-5-19-11-20/h1,3-5,8-11H,2,6-7H2. The normalized spacial score (nSPS) is 13.5. The van der Waals surface area contributed by atoms with E-state index >= 15 is 0 Å². The van der Waals surface area contributed by atoms with Gasteiger partial charge in [-0.3, -0.25) is 24.6 Å². The highest BCUT2D eigenvalue weighted by Crippen LogP contribution is 2.33. The quantitative estimate of drug-likeness (QED) is 0.400. The van der Waals surface area contributed by atoms with Gasteiger partial charge in [0.05, 0.1) is 16.8 Å². The van der Waals surface area contributed by atoms with Crippen LogP contribution >= 0.6 is 0 Å². The minimum atomic E-state index is -0.532. The van der Waals surface area contributed by atoms with E-state index in [1.807, 2.05) is 4.57 Å². The fourth-order valence-electron chi connectivity index (χ4n) is 3.28. The van der Waals surface area contributed by atoms with Crippen molar-refractivity contribution in [2.75, 3.05) is 6.54 Å². The molecule has 8 nitrogen and oxygen atoms in total. The van der Waals surface area contributed by atoms with Gasteiger partial charge in [-0.1, -0.05) is 12.1 Å². The Morgan fingerprint density at radius 3 is 2.62 bits per heavy atom. The number of aromatic nitrogens is 2. The third-order valence-electron chi connectivity index (χ3n) is 4.48. The molecule has 4 rings (SSSR count). The van der Waals surface area contributed by atoms with Crippen LogP contribution in [0.25, 0.3) is 10.8 Å². The van der Waals surface area contributed by atoms with E-state index in [2.05, 4.69) is 4.98 Å². The van der Waals surface area contributed by atoms with Gasteiger partial charge in [-0.15, -0.1) is 0 Å². The van der Waals surface area contributed by atoms with Gasteiger partial charge in [0, 0.05) is 48.6 Å². The van der Waals surface area contributed by atoms with Crippen molar-refractivity contribution >= 4 is 28.3 Å². The molecule has 0 bridgehead atoms. The van der Waals surface area contributed by atoms with Gasteiger partial charge in [0.25, 0.3) is 17.5 Å². The van der Waals surface area contributed by atoms with Crippen LogP contribution in [-0.4, -0.2) is 37.7 Å². The smallest absolute Gasteiger partial charge is 0.270 e. The van der Waals surface area contributed by atoms with Gasteiger partial charge in [0.15, 0.2) is 0 Å². The van der Waals surface area contributed by atoms with E-state index in [1.54, 1.807) is 36.9 Å². The van der Waals surface area contributed by atoms with Crippen LogP contribution in [0.3, 0.4) is 0 Å². The summed E-state index contributed by atoms with van der Waals surface area (Å²) in [5.74, 6) is -0.861. The minimum absolute atomic E-state index is 0.161. The molecule has 0 unspecified atom stereocenters. The first-order valence-electron chi connectivity index (χ1n) is 8.09. The Morgan fingerprint density at radius 1 is 1.08 bits per heavy atom. The Kier molecular flexibility index (Phi) is 3.72. The van der Waals surface area contributed by atoms with E-state index in [9.17, 15) is 19.7 Å². The van der Waals surface area contributed by atoms with Crippen molar-refractivity contribution in [3.8, 4) is 0 Å². The highest BCUT2D eigenvalue weighted by atomic mass is 16.6. The number of nitrogens with zero attached hydrogens (tertiary/aromatic N) is 4. The van der Waals surface area contributed by atoms with Crippen LogP contribution in [0.1, 0.15) is 27.1 Å². The maximum absolute atomic E-state index is 12.8. The predicted octanol–water partition coefficient (Wildman–Crippen LogP) is 2.63. The number of amides is 2. The molecule has 0 spiro atoms.